The number of benzene rings is 2. The molecular formula is C14H12ClNO2. The van der Waals surface area contributed by atoms with Crippen LogP contribution in [0.5, 0.6) is 5.75 Å². The average molecular weight is 262 g/mol. The number of aryl methyl sites for hydroxylation is 1. The van der Waals surface area contributed by atoms with E-state index in [1.165, 1.54) is 6.07 Å². The van der Waals surface area contributed by atoms with Crippen molar-refractivity contribution < 1.29 is 9.90 Å². The van der Waals surface area contributed by atoms with Crippen molar-refractivity contribution in [2.45, 2.75) is 6.92 Å². The third-order valence-electron chi connectivity index (χ3n) is 2.58. The van der Waals surface area contributed by atoms with Crippen LogP contribution in [0.25, 0.3) is 0 Å². The van der Waals surface area contributed by atoms with Gasteiger partial charge in [-0.15, -0.1) is 0 Å². The van der Waals surface area contributed by atoms with Crippen LogP contribution in [0.4, 0.5) is 5.69 Å². The molecule has 2 N–H and O–H groups in total. The van der Waals surface area contributed by atoms with Crippen molar-refractivity contribution >= 4 is 23.2 Å². The van der Waals surface area contributed by atoms with Gasteiger partial charge in [0, 0.05) is 5.69 Å². The predicted molar refractivity (Wildman–Crippen MR) is 72.2 cm³/mol. The molecule has 1 amide bonds. The third-order valence-corrected chi connectivity index (χ3v) is 2.91. The summed E-state index contributed by atoms with van der Waals surface area (Å²) >= 11 is 5.95. The molecule has 2 rings (SSSR count). The van der Waals surface area contributed by atoms with Crippen molar-refractivity contribution in [2.75, 3.05) is 5.32 Å². The molecule has 2 aromatic carbocycles. The van der Waals surface area contributed by atoms with Gasteiger partial charge in [0.25, 0.3) is 5.91 Å². The van der Waals surface area contributed by atoms with Crippen LogP contribution in [0.1, 0.15) is 15.9 Å². The quantitative estimate of drug-likeness (QED) is 0.812. The van der Waals surface area contributed by atoms with E-state index in [9.17, 15) is 9.90 Å². The van der Waals surface area contributed by atoms with Gasteiger partial charge in [-0.05, 0) is 42.8 Å². The van der Waals surface area contributed by atoms with E-state index in [0.717, 1.165) is 5.56 Å². The van der Waals surface area contributed by atoms with Crippen LogP contribution in [0.3, 0.4) is 0 Å². The Morgan fingerprint density at radius 1 is 1.22 bits per heavy atom. The van der Waals surface area contributed by atoms with Gasteiger partial charge in [-0.3, -0.25) is 4.79 Å². The molecule has 0 aliphatic heterocycles. The van der Waals surface area contributed by atoms with E-state index in [1.54, 1.807) is 36.4 Å². The number of anilines is 1. The maximum absolute atomic E-state index is 12.0. The Hall–Kier alpha value is -2.00. The van der Waals surface area contributed by atoms with Crippen LogP contribution < -0.4 is 5.32 Å². The van der Waals surface area contributed by atoms with Gasteiger partial charge in [-0.25, -0.2) is 0 Å². The highest BCUT2D eigenvalue weighted by Crippen LogP contribution is 2.22. The molecule has 0 saturated heterocycles. The van der Waals surface area contributed by atoms with E-state index < -0.39 is 0 Å². The van der Waals surface area contributed by atoms with Crippen LogP contribution in [0, 0.1) is 6.92 Å². The van der Waals surface area contributed by atoms with E-state index in [-0.39, 0.29) is 11.7 Å². The number of phenols is 1. The van der Waals surface area contributed by atoms with Crippen molar-refractivity contribution in [1.82, 2.24) is 0 Å². The highest BCUT2D eigenvalue weighted by molar-refractivity contribution is 6.34. The molecule has 0 aliphatic rings. The summed E-state index contributed by atoms with van der Waals surface area (Å²) in [4.78, 5) is 12.0. The summed E-state index contributed by atoms with van der Waals surface area (Å²) in [6.45, 7) is 1.81. The number of phenolic OH excluding ortho intramolecular Hbond substituents is 1. The largest absolute Gasteiger partial charge is 0.508 e. The summed E-state index contributed by atoms with van der Waals surface area (Å²) in [7, 11) is 0. The molecule has 0 unspecified atom stereocenters. The zero-order valence-corrected chi connectivity index (χ0v) is 10.5. The Balaban J connectivity index is 2.24. The Labute approximate surface area is 110 Å². The maximum atomic E-state index is 12.0. The fourth-order valence-electron chi connectivity index (χ4n) is 1.62. The minimum Gasteiger partial charge on any atom is -0.508 e. The molecule has 0 aliphatic carbocycles. The molecule has 0 aromatic heterocycles. The van der Waals surface area contributed by atoms with Gasteiger partial charge in [0.1, 0.15) is 5.75 Å². The normalized spacial score (nSPS) is 10.1. The summed E-state index contributed by atoms with van der Waals surface area (Å²) in [6, 6.07) is 11.6. The van der Waals surface area contributed by atoms with E-state index in [0.29, 0.717) is 16.3 Å². The predicted octanol–water partition coefficient (Wildman–Crippen LogP) is 3.61. The number of carbonyl (C=O) groups excluding carboxylic acids is 1. The van der Waals surface area contributed by atoms with Crippen molar-refractivity contribution in [3.05, 3.63) is 58.6 Å². The highest BCUT2D eigenvalue weighted by atomic mass is 35.5. The third kappa shape index (κ3) is 2.63. The fourth-order valence-corrected chi connectivity index (χ4v) is 1.84. The Kier molecular flexibility index (Phi) is 3.53. The summed E-state index contributed by atoms with van der Waals surface area (Å²) in [6.07, 6.45) is 0. The maximum Gasteiger partial charge on any atom is 0.257 e. The van der Waals surface area contributed by atoms with Crippen LogP contribution >= 0.6 is 11.6 Å². The second-order valence-corrected chi connectivity index (χ2v) is 4.34. The highest BCUT2D eigenvalue weighted by Gasteiger charge is 2.10. The van der Waals surface area contributed by atoms with Gasteiger partial charge in [0.2, 0.25) is 0 Å². The standard InChI is InChI=1S/C14H12ClNO2/c1-9-8-10(17)6-7-13(9)16-14(18)11-4-2-3-5-12(11)15/h2-8,17H,1H3,(H,16,18). The molecule has 0 saturated carbocycles. The van der Waals surface area contributed by atoms with E-state index in [2.05, 4.69) is 5.32 Å². The Bertz CT molecular complexity index is 596. The SMILES string of the molecule is Cc1cc(O)ccc1NC(=O)c1ccccc1Cl. The molecule has 0 bridgehead atoms. The molecular weight excluding hydrogens is 250 g/mol. The molecule has 18 heavy (non-hydrogen) atoms. The average Bonchev–Trinajstić information content (AvgIpc) is 2.33. The number of aromatic hydroxyl groups is 1. The van der Waals surface area contributed by atoms with Crippen molar-refractivity contribution in [3.8, 4) is 5.75 Å². The number of rotatable bonds is 2. The second-order valence-electron chi connectivity index (χ2n) is 3.93. The van der Waals surface area contributed by atoms with E-state index in [1.807, 2.05) is 6.92 Å². The van der Waals surface area contributed by atoms with E-state index >= 15 is 0 Å². The zero-order valence-electron chi connectivity index (χ0n) is 9.77. The van der Waals surface area contributed by atoms with Gasteiger partial charge >= 0.3 is 0 Å². The molecule has 3 nitrogen and oxygen atoms in total. The van der Waals surface area contributed by atoms with Gasteiger partial charge in [-0.1, -0.05) is 23.7 Å². The topological polar surface area (TPSA) is 49.3 Å². The number of amides is 1. The van der Waals surface area contributed by atoms with Crippen molar-refractivity contribution in [1.29, 1.82) is 0 Å². The summed E-state index contributed by atoms with van der Waals surface area (Å²) in [5.41, 5.74) is 1.86. The summed E-state index contributed by atoms with van der Waals surface area (Å²) < 4.78 is 0. The number of nitrogens with one attached hydrogen (secondary N) is 1. The van der Waals surface area contributed by atoms with Crippen LogP contribution in [0.2, 0.25) is 5.02 Å². The Morgan fingerprint density at radius 3 is 2.61 bits per heavy atom. The van der Waals surface area contributed by atoms with Crippen LogP contribution in [-0.2, 0) is 0 Å². The zero-order chi connectivity index (χ0) is 13.1. The molecule has 0 atom stereocenters. The second kappa shape index (κ2) is 5.10. The fraction of sp³-hybridized carbons (Fsp3) is 0.0714. The lowest BCUT2D eigenvalue weighted by atomic mass is 10.1. The molecule has 0 radical (unpaired) electrons. The van der Waals surface area contributed by atoms with E-state index in [4.69, 9.17) is 11.6 Å². The summed E-state index contributed by atoms with van der Waals surface area (Å²) in [5.74, 6) is -0.0994. The smallest absolute Gasteiger partial charge is 0.257 e. The Morgan fingerprint density at radius 2 is 1.94 bits per heavy atom. The minimum absolute atomic E-state index is 0.170. The monoisotopic (exact) mass is 261 g/mol. The summed E-state index contributed by atoms with van der Waals surface area (Å²) in [5, 5.41) is 12.5. The first-order valence-electron chi connectivity index (χ1n) is 5.43. The first-order chi connectivity index (χ1) is 8.58. The number of carbonyl (C=O) groups is 1. The molecule has 92 valence electrons. The first kappa shape index (κ1) is 12.5. The van der Waals surface area contributed by atoms with Gasteiger partial charge in [0.05, 0.1) is 10.6 Å². The van der Waals surface area contributed by atoms with Gasteiger partial charge in [-0.2, -0.15) is 0 Å². The molecule has 0 heterocycles. The number of hydrogen-bond acceptors (Lipinski definition) is 2. The molecule has 4 heteroatoms. The minimum atomic E-state index is -0.269. The molecule has 0 spiro atoms. The van der Waals surface area contributed by atoms with Gasteiger partial charge in [0.15, 0.2) is 0 Å². The number of halogens is 1. The number of hydrogen-bond donors (Lipinski definition) is 2. The van der Waals surface area contributed by atoms with Gasteiger partial charge < -0.3 is 10.4 Å². The molecule has 2 aromatic rings. The lowest BCUT2D eigenvalue weighted by molar-refractivity contribution is 0.102. The van der Waals surface area contributed by atoms with Crippen molar-refractivity contribution in [3.63, 3.8) is 0 Å². The van der Waals surface area contributed by atoms with Crippen LogP contribution in [0.15, 0.2) is 42.5 Å². The lowest BCUT2D eigenvalue weighted by Gasteiger charge is -2.09. The molecule has 0 fully saturated rings. The first-order valence-corrected chi connectivity index (χ1v) is 5.81. The van der Waals surface area contributed by atoms with Crippen LogP contribution in [-0.4, -0.2) is 11.0 Å². The lowest BCUT2D eigenvalue weighted by Crippen LogP contribution is -2.13. The van der Waals surface area contributed by atoms with Crippen molar-refractivity contribution in [2.24, 2.45) is 0 Å².